The van der Waals surface area contributed by atoms with E-state index in [1.165, 1.54) is 11.6 Å². The molecule has 6 nitrogen and oxygen atoms in total. The standard InChI is InChI=1S/C16H22F3N5O/c1-5-23-9-13(12(4)21-23)11(3)20-15(25)6-7-24-10(2)8-14(22-24)16(17,18)19/h8-9,11H,5-7H2,1-4H3,(H,20,25). The molecule has 0 radical (unpaired) electrons. The quantitative estimate of drug-likeness (QED) is 0.864. The molecule has 0 saturated heterocycles. The van der Waals surface area contributed by atoms with E-state index >= 15 is 0 Å². The highest BCUT2D eigenvalue weighted by Gasteiger charge is 2.34. The van der Waals surface area contributed by atoms with Crippen molar-refractivity contribution >= 4 is 5.91 Å². The van der Waals surface area contributed by atoms with Gasteiger partial charge in [0.1, 0.15) is 0 Å². The number of nitrogens with zero attached hydrogens (tertiary/aromatic N) is 4. The molecule has 0 aliphatic rings. The Morgan fingerprint density at radius 2 is 2.00 bits per heavy atom. The largest absolute Gasteiger partial charge is 0.435 e. The Morgan fingerprint density at radius 3 is 2.52 bits per heavy atom. The van der Waals surface area contributed by atoms with E-state index in [0.29, 0.717) is 5.69 Å². The number of aromatic nitrogens is 4. The maximum Gasteiger partial charge on any atom is 0.435 e. The second-order valence-corrected chi connectivity index (χ2v) is 5.96. The summed E-state index contributed by atoms with van der Waals surface area (Å²) in [5.74, 6) is -0.250. The first-order valence-electron chi connectivity index (χ1n) is 8.06. The lowest BCUT2D eigenvalue weighted by atomic mass is 10.1. The first kappa shape index (κ1) is 19.0. The highest BCUT2D eigenvalue weighted by molar-refractivity contribution is 5.76. The van der Waals surface area contributed by atoms with Crippen molar-refractivity contribution in [2.75, 3.05) is 0 Å². The van der Waals surface area contributed by atoms with Crippen LogP contribution in [0.5, 0.6) is 0 Å². The van der Waals surface area contributed by atoms with Crippen molar-refractivity contribution < 1.29 is 18.0 Å². The van der Waals surface area contributed by atoms with Crippen molar-refractivity contribution in [1.29, 1.82) is 0 Å². The second-order valence-electron chi connectivity index (χ2n) is 5.96. The maximum atomic E-state index is 12.6. The van der Waals surface area contributed by atoms with Crippen LogP contribution in [0.3, 0.4) is 0 Å². The average Bonchev–Trinajstić information content (AvgIpc) is 3.07. The molecule has 0 bridgehead atoms. The van der Waals surface area contributed by atoms with Crippen molar-refractivity contribution in [2.45, 2.75) is 59.4 Å². The zero-order valence-corrected chi connectivity index (χ0v) is 14.7. The third-order valence-electron chi connectivity index (χ3n) is 3.97. The molecule has 2 rings (SSSR count). The summed E-state index contributed by atoms with van der Waals surface area (Å²) < 4.78 is 40.9. The molecular weight excluding hydrogens is 335 g/mol. The summed E-state index contributed by atoms with van der Waals surface area (Å²) >= 11 is 0. The van der Waals surface area contributed by atoms with Gasteiger partial charge < -0.3 is 5.32 Å². The smallest absolute Gasteiger partial charge is 0.349 e. The molecular formula is C16H22F3N5O. The van der Waals surface area contributed by atoms with Gasteiger partial charge in [-0.3, -0.25) is 14.2 Å². The first-order valence-corrected chi connectivity index (χ1v) is 8.06. The molecule has 0 aliphatic carbocycles. The highest BCUT2D eigenvalue weighted by Crippen LogP contribution is 2.28. The van der Waals surface area contributed by atoms with Crippen LogP contribution in [0, 0.1) is 13.8 Å². The summed E-state index contributed by atoms with van der Waals surface area (Å²) in [6.45, 7) is 8.06. The topological polar surface area (TPSA) is 64.7 Å². The van der Waals surface area contributed by atoms with E-state index in [1.54, 1.807) is 4.68 Å². The number of hydrogen-bond donors (Lipinski definition) is 1. The van der Waals surface area contributed by atoms with Gasteiger partial charge in [0.05, 0.1) is 11.7 Å². The van der Waals surface area contributed by atoms with Gasteiger partial charge in [0.25, 0.3) is 0 Å². The molecule has 2 heterocycles. The first-order chi connectivity index (χ1) is 11.6. The lowest BCUT2D eigenvalue weighted by Crippen LogP contribution is -2.28. The molecule has 0 spiro atoms. The van der Waals surface area contributed by atoms with Crippen LogP contribution in [0.25, 0.3) is 0 Å². The van der Waals surface area contributed by atoms with Gasteiger partial charge in [-0.25, -0.2) is 0 Å². The minimum absolute atomic E-state index is 0.0467. The van der Waals surface area contributed by atoms with E-state index < -0.39 is 11.9 Å². The lowest BCUT2D eigenvalue weighted by molar-refractivity contribution is -0.141. The number of halogens is 3. The van der Waals surface area contributed by atoms with Crippen LogP contribution >= 0.6 is 0 Å². The van der Waals surface area contributed by atoms with Gasteiger partial charge in [0, 0.05) is 37.0 Å². The highest BCUT2D eigenvalue weighted by atomic mass is 19.4. The zero-order chi connectivity index (χ0) is 18.8. The van der Waals surface area contributed by atoms with Crippen LogP contribution in [0.4, 0.5) is 13.2 Å². The molecule has 0 aliphatic heterocycles. The van der Waals surface area contributed by atoms with E-state index in [-0.39, 0.29) is 24.9 Å². The minimum Gasteiger partial charge on any atom is -0.349 e. The molecule has 1 unspecified atom stereocenters. The van der Waals surface area contributed by atoms with Crippen molar-refractivity contribution in [1.82, 2.24) is 24.9 Å². The molecule has 25 heavy (non-hydrogen) atoms. The number of rotatable bonds is 6. The van der Waals surface area contributed by atoms with Crippen molar-refractivity contribution in [3.63, 3.8) is 0 Å². The molecule has 1 N–H and O–H groups in total. The van der Waals surface area contributed by atoms with E-state index in [4.69, 9.17) is 0 Å². The average molecular weight is 357 g/mol. The van der Waals surface area contributed by atoms with Crippen LogP contribution in [0.1, 0.15) is 49.0 Å². The van der Waals surface area contributed by atoms with E-state index in [9.17, 15) is 18.0 Å². The molecule has 9 heteroatoms. The predicted octanol–water partition coefficient (Wildman–Crippen LogP) is 3.00. The van der Waals surface area contributed by atoms with Crippen LogP contribution in [0.15, 0.2) is 12.3 Å². The SMILES string of the molecule is CCn1cc(C(C)NC(=O)CCn2nc(C(F)(F)F)cc2C)c(C)n1. The molecule has 0 fully saturated rings. The molecule has 1 atom stereocenters. The summed E-state index contributed by atoms with van der Waals surface area (Å²) in [5, 5.41) is 10.7. The number of carbonyl (C=O) groups excluding carboxylic acids is 1. The number of amides is 1. The summed E-state index contributed by atoms with van der Waals surface area (Å²) in [6, 6.07) is 0.750. The molecule has 2 aromatic rings. The van der Waals surface area contributed by atoms with Gasteiger partial charge in [0.15, 0.2) is 5.69 Å². The third kappa shape index (κ3) is 4.61. The minimum atomic E-state index is -4.48. The van der Waals surface area contributed by atoms with Gasteiger partial charge in [0.2, 0.25) is 5.91 Å². The fourth-order valence-electron chi connectivity index (χ4n) is 2.59. The second kappa shape index (κ2) is 7.28. The van der Waals surface area contributed by atoms with Crippen LogP contribution < -0.4 is 5.32 Å². The molecule has 0 saturated carbocycles. The summed E-state index contributed by atoms with van der Waals surface area (Å²) in [5.41, 5.74) is 1.19. The Kier molecular flexibility index (Phi) is 5.54. The monoisotopic (exact) mass is 357 g/mol. The third-order valence-corrected chi connectivity index (χ3v) is 3.97. The van der Waals surface area contributed by atoms with E-state index in [0.717, 1.165) is 23.9 Å². The Balaban J connectivity index is 1.94. The summed E-state index contributed by atoms with van der Waals surface area (Å²) in [4.78, 5) is 12.1. The fraction of sp³-hybridized carbons (Fsp3) is 0.562. The number of aryl methyl sites for hydroxylation is 4. The molecule has 0 aromatic carbocycles. The lowest BCUT2D eigenvalue weighted by Gasteiger charge is -2.13. The van der Waals surface area contributed by atoms with Gasteiger partial charge in [-0.1, -0.05) is 0 Å². The number of alkyl halides is 3. The van der Waals surface area contributed by atoms with Gasteiger partial charge >= 0.3 is 6.18 Å². The zero-order valence-electron chi connectivity index (χ0n) is 14.7. The van der Waals surface area contributed by atoms with Crippen LogP contribution in [-0.2, 0) is 24.1 Å². The summed E-state index contributed by atoms with van der Waals surface area (Å²) in [6.07, 6.45) is -2.55. The van der Waals surface area contributed by atoms with Gasteiger partial charge in [-0.05, 0) is 33.8 Å². The van der Waals surface area contributed by atoms with Crippen LogP contribution in [0.2, 0.25) is 0 Å². The molecule has 1 amide bonds. The maximum absolute atomic E-state index is 12.6. The van der Waals surface area contributed by atoms with E-state index in [2.05, 4.69) is 15.5 Å². The Hall–Kier alpha value is -2.32. The predicted molar refractivity (Wildman–Crippen MR) is 85.8 cm³/mol. The van der Waals surface area contributed by atoms with Gasteiger partial charge in [-0.15, -0.1) is 0 Å². The van der Waals surface area contributed by atoms with Crippen molar-refractivity contribution in [3.05, 3.63) is 34.9 Å². The van der Waals surface area contributed by atoms with Crippen LogP contribution in [-0.4, -0.2) is 25.5 Å². The van der Waals surface area contributed by atoms with Crippen molar-refractivity contribution in [2.24, 2.45) is 0 Å². The van der Waals surface area contributed by atoms with E-state index in [1.807, 2.05) is 27.0 Å². The molecule has 138 valence electrons. The Bertz CT molecular complexity index is 748. The number of carbonyl (C=O) groups is 1. The Labute approximate surface area is 144 Å². The molecule has 2 aromatic heterocycles. The summed E-state index contributed by atoms with van der Waals surface area (Å²) in [7, 11) is 0. The fourth-order valence-corrected chi connectivity index (χ4v) is 2.59. The number of nitrogens with one attached hydrogen (secondary N) is 1. The number of hydrogen-bond acceptors (Lipinski definition) is 3. The van der Waals surface area contributed by atoms with Gasteiger partial charge in [-0.2, -0.15) is 23.4 Å². The van der Waals surface area contributed by atoms with Crippen molar-refractivity contribution in [3.8, 4) is 0 Å². The normalized spacial score (nSPS) is 13.1. The Morgan fingerprint density at radius 1 is 1.32 bits per heavy atom.